The smallest absolute Gasteiger partial charge is 0.331 e. The van der Waals surface area contributed by atoms with E-state index in [0.29, 0.717) is 5.56 Å². The molecule has 0 atom stereocenters. The number of anilines is 1. The summed E-state index contributed by atoms with van der Waals surface area (Å²) >= 11 is 0. The van der Waals surface area contributed by atoms with E-state index in [2.05, 4.69) is 0 Å². The molecule has 9 nitrogen and oxygen atoms in total. The number of nitrogens with one attached hydrogen (secondary N) is 1. The zero-order chi connectivity index (χ0) is 24.7. The number of morpholine rings is 1. The fraction of sp³-hybridized carbons (Fsp3) is 0.273. The molecule has 1 heterocycles. The largest absolute Gasteiger partial charge is 0.495 e. The lowest BCUT2D eigenvalue weighted by molar-refractivity contribution is -0.142. The summed E-state index contributed by atoms with van der Waals surface area (Å²) in [5.41, 5.74) is -0.284. The molecule has 0 radical (unpaired) electrons. The Labute approximate surface area is 195 Å². The third kappa shape index (κ3) is 6.16. The van der Waals surface area contributed by atoms with Gasteiger partial charge in [-0.15, -0.1) is 0 Å². The number of carbonyl (C=O) groups is 2. The van der Waals surface area contributed by atoms with E-state index in [0.717, 1.165) is 24.3 Å². The summed E-state index contributed by atoms with van der Waals surface area (Å²) in [6.07, 6.45) is 2.29. The monoisotopic (exact) mass is 496 g/mol. The van der Waals surface area contributed by atoms with Crippen LogP contribution in [0.1, 0.15) is 5.56 Å². The molecule has 1 saturated heterocycles. The maximum absolute atomic E-state index is 13.6. The maximum Gasteiger partial charge on any atom is 0.331 e. The van der Waals surface area contributed by atoms with Crippen molar-refractivity contribution in [2.45, 2.75) is 4.90 Å². The quantitative estimate of drug-likeness (QED) is 0.441. The van der Waals surface area contributed by atoms with E-state index in [1.807, 2.05) is 5.32 Å². The average molecular weight is 496 g/mol. The number of esters is 1. The van der Waals surface area contributed by atoms with E-state index >= 15 is 0 Å². The van der Waals surface area contributed by atoms with Crippen LogP contribution in [0, 0.1) is 11.6 Å². The Morgan fingerprint density at radius 1 is 1.15 bits per heavy atom. The van der Waals surface area contributed by atoms with Gasteiger partial charge in [0.15, 0.2) is 6.61 Å². The molecule has 0 aliphatic carbocycles. The van der Waals surface area contributed by atoms with Crippen LogP contribution in [-0.4, -0.2) is 64.6 Å². The van der Waals surface area contributed by atoms with Gasteiger partial charge in [0.1, 0.15) is 28.0 Å². The highest BCUT2D eigenvalue weighted by Crippen LogP contribution is 2.29. The van der Waals surface area contributed by atoms with Gasteiger partial charge in [-0.25, -0.2) is 22.0 Å². The van der Waals surface area contributed by atoms with Crippen LogP contribution in [0.4, 0.5) is 14.5 Å². The molecule has 0 aromatic heterocycles. The second-order valence-corrected chi connectivity index (χ2v) is 8.92. The molecular formula is C22H22F2N2O7S. The van der Waals surface area contributed by atoms with Crippen LogP contribution in [0.3, 0.4) is 0 Å². The highest BCUT2D eigenvalue weighted by Gasteiger charge is 2.29. The van der Waals surface area contributed by atoms with Crippen molar-refractivity contribution in [3.63, 3.8) is 0 Å². The number of para-hydroxylation sites is 1. The number of ether oxygens (including phenoxy) is 3. The molecule has 0 spiro atoms. The predicted molar refractivity (Wildman–Crippen MR) is 118 cm³/mol. The number of benzene rings is 2. The van der Waals surface area contributed by atoms with Gasteiger partial charge in [-0.1, -0.05) is 12.1 Å². The van der Waals surface area contributed by atoms with Gasteiger partial charge < -0.3 is 19.5 Å². The minimum absolute atomic E-state index is 0.0706. The highest BCUT2D eigenvalue weighted by molar-refractivity contribution is 7.89. The van der Waals surface area contributed by atoms with Crippen molar-refractivity contribution in [2.24, 2.45) is 0 Å². The molecule has 3 rings (SSSR count). The predicted octanol–water partition coefficient (Wildman–Crippen LogP) is 2.19. The molecule has 0 saturated carbocycles. The second kappa shape index (κ2) is 11.2. The summed E-state index contributed by atoms with van der Waals surface area (Å²) in [6.45, 7) is 0.192. The van der Waals surface area contributed by atoms with Gasteiger partial charge in [-0.2, -0.15) is 4.31 Å². The molecule has 1 fully saturated rings. The topological polar surface area (TPSA) is 111 Å². The lowest BCUT2D eigenvalue weighted by Crippen LogP contribution is -2.40. The van der Waals surface area contributed by atoms with Crippen molar-refractivity contribution in [1.82, 2.24) is 4.31 Å². The Balaban J connectivity index is 1.65. The maximum atomic E-state index is 13.6. The number of carbonyl (C=O) groups excluding carboxylic acids is 2. The minimum atomic E-state index is -3.86. The third-order valence-electron chi connectivity index (χ3n) is 4.76. The Hall–Kier alpha value is -3.35. The highest BCUT2D eigenvalue weighted by atomic mass is 32.2. The van der Waals surface area contributed by atoms with Crippen molar-refractivity contribution in [2.75, 3.05) is 45.3 Å². The van der Waals surface area contributed by atoms with E-state index in [9.17, 15) is 26.8 Å². The average Bonchev–Trinajstić information content (AvgIpc) is 2.84. The van der Waals surface area contributed by atoms with Crippen molar-refractivity contribution in [3.8, 4) is 5.75 Å². The molecule has 182 valence electrons. The first kappa shape index (κ1) is 25.3. The van der Waals surface area contributed by atoms with Crippen molar-refractivity contribution >= 4 is 33.7 Å². The number of hydrogen-bond donors (Lipinski definition) is 1. The van der Waals surface area contributed by atoms with E-state index in [4.69, 9.17) is 14.2 Å². The van der Waals surface area contributed by atoms with Gasteiger partial charge in [-0.05, 0) is 35.9 Å². The van der Waals surface area contributed by atoms with Crippen LogP contribution < -0.4 is 10.1 Å². The fourth-order valence-corrected chi connectivity index (χ4v) is 4.66. The first-order valence-corrected chi connectivity index (χ1v) is 11.5. The second-order valence-electron chi connectivity index (χ2n) is 7.01. The standard InChI is InChI=1S/C22H22F2N2O7S/c1-31-18-7-5-15(13-19(18)34(29,30)26-9-11-32-12-10-26)6-8-21(28)33-14-20(27)25-22-16(23)3-2-4-17(22)24/h2-8,13H,9-12,14H2,1H3,(H,25,27)/b8-6+. The van der Waals surface area contributed by atoms with E-state index < -0.39 is 45.8 Å². The number of methoxy groups -OCH3 is 1. The van der Waals surface area contributed by atoms with E-state index in [-0.39, 0.29) is 36.9 Å². The minimum Gasteiger partial charge on any atom is -0.495 e. The third-order valence-corrected chi connectivity index (χ3v) is 6.68. The molecule has 12 heteroatoms. The lowest BCUT2D eigenvalue weighted by Gasteiger charge is -2.26. The van der Waals surface area contributed by atoms with Crippen molar-refractivity contribution in [1.29, 1.82) is 0 Å². The summed E-state index contributed by atoms with van der Waals surface area (Å²) in [4.78, 5) is 23.7. The van der Waals surface area contributed by atoms with E-state index in [1.54, 1.807) is 0 Å². The van der Waals surface area contributed by atoms with Gasteiger partial charge in [-0.3, -0.25) is 4.79 Å². The number of amides is 1. The molecule has 1 amide bonds. The lowest BCUT2D eigenvalue weighted by atomic mass is 10.2. The Bertz CT molecular complexity index is 1180. The van der Waals surface area contributed by atoms with Crippen LogP contribution in [0.25, 0.3) is 6.08 Å². The molecule has 1 N–H and O–H groups in total. The van der Waals surface area contributed by atoms with Crippen molar-refractivity contribution in [3.05, 3.63) is 59.7 Å². The molecule has 0 unspecified atom stereocenters. The zero-order valence-corrected chi connectivity index (χ0v) is 18.9. The summed E-state index contributed by atoms with van der Waals surface area (Å²) in [6, 6.07) is 7.41. The Kier molecular flexibility index (Phi) is 8.31. The normalized spacial score (nSPS) is 14.7. The van der Waals surface area contributed by atoms with Crippen LogP contribution in [0.5, 0.6) is 5.75 Å². The summed E-state index contributed by atoms with van der Waals surface area (Å²) in [5, 5.41) is 1.99. The van der Waals surface area contributed by atoms with Gasteiger partial charge in [0.2, 0.25) is 10.0 Å². The Morgan fingerprint density at radius 2 is 1.82 bits per heavy atom. The number of hydrogen-bond acceptors (Lipinski definition) is 7. The molecule has 34 heavy (non-hydrogen) atoms. The molecule has 2 aromatic rings. The molecular weight excluding hydrogens is 474 g/mol. The molecule has 1 aliphatic heterocycles. The van der Waals surface area contributed by atoms with Gasteiger partial charge in [0.05, 0.1) is 20.3 Å². The van der Waals surface area contributed by atoms with Crippen LogP contribution in [-0.2, 0) is 29.1 Å². The molecule has 0 bridgehead atoms. The number of nitrogens with zero attached hydrogens (tertiary/aromatic N) is 1. The van der Waals surface area contributed by atoms with Crippen LogP contribution in [0.15, 0.2) is 47.4 Å². The van der Waals surface area contributed by atoms with Crippen LogP contribution in [0.2, 0.25) is 0 Å². The SMILES string of the molecule is COc1ccc(/C=C/C(=O)OCC(=O)Nc2c(F)cccc2F)cc1S(=O)(=O)N1CCOCC1. The summed E-state index contributed by atoms with van der Waals surface area (Å²) < 4.78 is 69.6. The number of halogens is 2. The van der Waals surface area contributed by atoms with Crippen LogP contribution >= 0.6 is 0 Å². The van der Waals surface area contributed by atoms with Gasteiger partial charge >= 0.3 is 5.97 Å². The van der Waals surface area contributed by atoms with Crippen molar-refractivity contribution < 1.29 is 41.0 Å². The molecule has 1 aliphatic rings. The number of sulfonamides is 1. The van der Waals surface area contributed by atoms with Gasteiger partial charge in [0, 0.05) is 19.2 Å². The molecule has 2 aromatic carbocycles. The number of rotatable bonds is 8. The first-order chi connectivity index (χ1) is 16.2. The zero-order valence-electron chi connectivity index (χ0n) is 18.1. The summed E-state index contributed by atoms with van der Waals surface area (Å²) in [7, 11) is -2.51. The Morgan fingerprint density at radius 3 is 2.47 bits per heavy atom. The summed E-state index contributed by atoms with van der Waals surface area (Å²) in [5.74, 6) is -3.65. The van der Waals surface area contributed by atoms with E-state index in [1.165, 1.54) is 35.7 Å². The fourth-order valence-electron chi connectivity index (χ4n) is 3.07. The van der Waals surface area contributed by atoms with Gasteiger partial charge in [0.25, 0.3) is 5.91 Å². The first-order valence-electron chi connectivity index (χ1n) is 10.1.